The number of amides is 2. The number of hydrogen-bond donors (Lipinski definition) is 2. The second-order valence-corrected chi connectivity index (χ2v) is 5.96. The molecule has 0 saturated carbocycles. The first-order chi connectivity index (χ1) is 10.5. The van der Waals surface area contributed by atoms with Crippen LogP contribution in [0.4, 0.5) is 5.69 Å². The largest absolute Gasteiger partial charge is 0.366 e. The lowest BCUT2D eigenvalue weighted by molar-refractivity contribution is -0.113. The van der Waals surface area contributed by atoms with Gasteiger partial charge >= 0.3 is 0 Å². The molecule has 0 bridgehead atoms. The fourth-order valence-corrected chi connectivity index (χ4v) is 2.68. The number of rotatable bonds is 6. The molecule has 0 fully saturated rings. The van der Waals surface area contributed by atoms with Crippen molar-refractivity contribution in [3.63, 3.8) is 0 Å². The number of carbonyl (C=O) groups excluding carboxylic acids is 2. The number of thioether (sulfide) groups is 1. The minimum atomic E-state index is -0.509. The van der Waals surface area contributed by atoms with E-state index in [1.54, 1.807) is 36.0 Å². The molecular formula is C17H18N2O2S. The fraction of sp³-hybridized carbons (Fsp3) is 0.176. The van der Waals surface area contributed by atoms with Gasteiger partial charge in [-0.1, -0.05) is 35.9 Å². The molecule has 114 valence electrons. The molecule has 0 heterocycles. The Morgan fingerprint density at radius 2 is 1.86 bits per heavy atom. The third kappa shape index (κ3) is 4.93. The fourth-order valence-electron chi connectivity index (χ4n) is 1.89. The van der Waals surface area contributed by atoms with Crippen molar-refractivity contribution in [1.29, 1.82) is 0 Å². The highest BCUT2D eigenvalue weighted by Gasteiger charge is 2.05. The van der Waals surface area contributed by atoms with Crippen molar-refractivity contribution in [3.05, 3.63) is 65.2 Å². The van der Waals surface area contributed by atoms with Crippen LogP contribution < -0.4 is 11.1 Å². The highest BCUT2D eigenvalue weighted by molar-refractivity contribution is 7.99. The first-order valence-electron chi connectivity index (χ1n) is 6.87. The van der Waals surface area contributed by atoms with E-state index in [1.807, 2.05) is 6.92 Å². The summed E-state index contributed by atoms with van der Waals surface area (Å²) in [5.41, 5.74) is 8.59. The van der Waals surface area contributed by atoms with Gasteiger partial charge in [-0.05, 0) is 30.7 Å². The van der Waals surface area contributed by atoms with Gasteiger partial charge in [-0.3, -0.25) is 9.59 Å². The molecule has 0 aliphatic heterocycles. The Morgan fingerprint density at radius 1 is 1.14 bits per heavy atom. The molecule has 22 heavy (non-hydrogen) atoms. The standard InChI is InChI=1S/C17H18N2O2S/c1-12-5-7-13(8-6-12)10-22-11-16(20)19-15-4-2-3-14(9-15)17(18)21/h2-9H,10-11H2,1H3,(H2,18,21)(H,19,20). The van der Waals surface area contributed by atoms with Crippen LogP contribution in [0, 0.1) is 6.92 Å². The Labute approximate surface area is 134 Å². The molecule has 0 saturated heterocycles. The Hall–Kier alpha value is -2.27. The van der Waals surface area contributed by atoms with Crippen LogP contribution in [0.25, 0.3) is 0 Å². The number of aryl methyl sites for hydroxylation is 1. The maximum Gasteiger partial charge on any atom is 0.248 e. The zero-order valence-electron chi connectivity index (χ0n) is 12.3. The summed E-state index contributed by atoms with van der Waals surface area (Å²) in [7, 11) is 0. The Bertz CT molecular complexity index is 669. The molecule has 2 aromatic carbocycles. The third-order valence-electron chi connectivity index (χ3n) is 3.05. The van der Waals surface area contributed by atoms with Crippen LogP contribution in [0.2, 0.25) is 0 Å². The van der Waals surface area contributed by atoms with Crippen LogP contribution in [-0.2, 0) is 10.5 Å². The number of nitrogens with two attached hydrogens (primary N) is 1. The van der Waals surface area contributed by atoms with E-state index in [1.165, 1.54) is 11.1 Å². The van der Waals surface area contributed by atoms with Crippen LogP contribution >= 0.6 is 11.8 Å². The summed E-state index contributed by atoms with van der Waals surface area (Å²) in [6.45, 7) is 2.05. The van der Waals surface area contributed by atoms with Gasteiger partial charge in [-0.15, -0.1) is 11.8 Å². The maximum absolute atomic E-state index is 11.9. The molecule has 3 N–H and O–H groups in total. The van der Waals surface area contributed by atoms with Gasteiger partial charge in [0.15, 0.2) is 0 Å². The SMILES string of the molecule is Cc1ccc(CSCC(=O)Nc2cccc(C(N)=O)c2)cc1. The predicted octanol–water partition coefficient (Wildman–Crippen LogP) is 2.97. The van der Waals surface area contributed by atoms with Gasteiger partial charge in [-0.25, -0.2) is 0 Å². The van der Waals surface area contributed by atoms with Crippen molar-refractivity contribution < 1.29 is 9.59 Å². The zero-order valence-corrected chi connectivity index (χ0v) is 13.2. The van der Waals surface area contributed by atoms with Crippen molar-refractivity contribution in [3.8, 4) is 0 Å². The van der Waals surface area contributed by atoms with E-state index in [0.29, 0.717) is 17.0 Å². The van der Waals surface area contributed by atoms with Crippen LogP contribution in [0.3, 0.4) is 0 Å². The summed E-state index contributed by atoms with van der Waals surface area (Å²) in [4.78, 5) is 23.0. The second-order valence-electron chi connectivity index (χ2n) is 4.97. The molecule has 0 spiro atoms. The number of primary amides is 1. The molecule has 0 radical (unpaired) electrons. The number of carbonyl (C=O) groups is 2. The number of hydrogen-bond acceptors (Lipinski definition) is 3. The van der Waals surface area contributed by atoms with Crippen LogP contribution in [-0.4, -0.2) is 17.6 Å². The minimum absolute atomic E-state index is 0.0984. The van der Waals surface area contributed by atoms with E-state index in [4.69, 9.17) is 5.73 Å². The molecule has 0 atom stereocenters. The number of benzene rings is 2. The van der Waals surface area contributed by atoms with Crippen molar-refractivity contribution in [2.75, 3.05) is 11.1 Å². The van der Waals surface area contributed by atoms with Crippen molar-refractivity contribution in [2.24, 2.45) is 5.73 Å². The molecule has 0 aromatic heterocycles. The molecule has 4 nitrogen and oxygen atoms in total. The summed E-state index contributed by atoms with van der Waals surface area (Å²) in [5, 5.41) is 2.77. The number of nitrogens with one attached hydrogen (secondary N) is 1. The third-order valence-corrected chi connectivity index (χ3v) is 4.06. The molecular weight excluding hydrogens is 296 g/mol. The summed E-state index contributed by atoms with van der Waals surface area (Å²) >= 11 is 1.55. The lowest BCUT2D eigenvalue weighted by Gasteiger charge is -2.06. The lowest BCUT2D eigenvalue weighted by atomic mass is 10.2. The van der Waals surface area contributed by atoms with Crippen molar-refractivity contribution in [2.45, 2.75) is 12.7 Å². The van der Waals surface area contributed by atoms with Crippen molar-refractivity contribution >= 4 is 29.3 Å². The van der Waals surface area contributed by atoms with Gasteiger partial charge in [-0.2, -0.15) is 0 Å². The van der Waals surface area contributed by atoms with E-state index in [9.17, 15) is 9.59 Å². The Kier molecular flexibility index (Phi) is 5.61. The number of anilines is 1. The topological polar surface area (TPSA) is 72.2 Å². The average molecular weight is 314 g/mol. The Morgan fingerprint density at radius 3 is 2.55 bits per heavy atom. The molecule has 2 aromatic rings. The Balaban J connectivity index is 1.81. The smallest absolute Gasteiger partial charge is 0.248 e. The minimum Gasteiger partial charge on any atom is -0.366 e. The van der Waals surface area contributed by atoms with Gasteiger partial charge in [0, 0.05) is 17.0 Å². The second kappa shape index (κ2) is 7.66. The van der Waals surface area contributed by atoms with E-state index in [2.05, 4.69) is 29.6 Å². The molecule has 2 rings (SSSR count). The van der Waals surface area contributed by atoms with Gasteiger partial charge in [0.05, 0.1) is 5.75 Å². The molecule has 0 unspecified atom stereocenters. The maximum atomic E-state index is 11.9. The molecule has 5 heteroatoms. The first-order valence-corrected chi connectivity index (χ1v) is 8.03. The van der Waals surface area contributed by atoms with E-state index in [0.717, 1.165) is 5.75 Å². The van der Waals surface area contributed by atoms with Crippen LogP contribution in [0.1, 0.15) is 21.5 Å². The van der Waals surface area contributed by atoms with Gasteiger partial charge < -0.3 is 11.1 Å². The monoisotopic (exact) mass is 314 g/mol. The van der Waals surface area contributed by atoms with Crippen LogP contribution in [0.5, 0.6) is 0 Å². The van der Waals surface area contributed by atoms with Gasteiger partial charge in [0.1, 0.15) is 0 Å². The molecule has 0 aliphatic rings. The highest BCUT2D eigenvalue weighted by Crippen LogP contribution is 2.14. The zero-order chi connectivity index (χ0) is 15.9. The van der Waals surface area contributed by atoms with Crippen LogP contribution in [0.15, 0.2) is 48.5 Å². The lowest BCUT2D eigenvalue weighted by Crippen LogP contribution is -2.15. The summed E-state index contributed by atoms with van der Waals surface area (Å²) in [6, 6.07) is 14.9. The summed E-state index contributed by atoms with van der Waals surface area (Å²) < 4.78 is 0. The van der Waals surface area contributed by atoms with Gasteiger partial charge in [0.2, 0.25) is 11.8 Å². The average Bonchev–Trinajstić information content (AvgIpc) is 2.49. The molecule has 0 aliphatic carbocycles. The summed E-state index contributed by atoms with van der Waals surface area (Å²) in [6.07, 6.45) is 0. The highest BCUT2D eigenvalue weighted by atomic mass is 32.2. The van der Waals surface area contributed by atoms with E-state index < -0.39 is 5.91 Å². The summed E-state index contributed by atoms with van der Waals surface area (Å²) in [5.74, 6) is 0.535. The van der Waals surface area contributed by atoms with Crippen molar-refractivity contribution in [1.82, 2.24) is 0 Å². The van der Waals surface area contributed by atoms with E-state index in [-0.39, 0.29) is 5.91 Å². The van der Waals surface area contributed by atoms with Gasteiger partial charge in [0.25, 0.3) is 0 Å². The first kappa shape index (κ1) is 16.1. The molecule has 2 amide bonds. The normalized spacial score (nSPS) is 10.2. The quantitative estimate of drug-likeness (QED) is 0.861. The van der Waals surface area contributed by atoms with E-state index >= 15 is 0 Å². The predicted molar refractivity (Wildman–Crippen MR) is 90.9 cm³/mol.